The van der Waals surface area contributed by atoms with Gasteiger partial charge in [-0.2, -0.15) is 0 Å². The summed E-state index contributed by atoms with van der Waals surface area (Å²) in [7, 11) is 0. The monoisotopic (exact) mass is 312 g/mol. The quantitative estimate of drug-likeness (QED) is 0.288. The van der Waals surface area contributed by atoms with Crippen molar-refractivity contribution in [2.24, 2.45) is 0 Å². The molecular formula is C18H32O4. The second kappa shape index (κ2) is 11.7. The summed E-state index contributed by atoms with van der Waals surface area (Å²) >= 11 is 0. The van der Waals surface area contributed by atoms with Crippen LogP contribution in [-0.4, -0.2) is 34.5 Å². The van der Waals surface area contributed by atoms with Gasteiger partial charge in [-0.25, -0.2) is 0 Å². The molecule has 1 aliphatic rings. The van der Waals surface area contributed by atoms with Gasteiger partial charge in [-0.15, -0.1) is 0 Å². The maximum Gasteiger partial charge on any atom is 0.303 e. The zero-order chi connectivity index (χ0) is 16.2. The van der Waals surface area contributed by atoms with E-state index in [1.54, 1.807) is 0 Å². The molecule has 1 saturated heterocycles. The Balaban J connectivity index is 1.92. The second-order valence-electron chi connectivity index (χ2n) is 6.29. The van der Waals surface area contributed by atoms with Crippen molar-refractivity contribution < 1.29 is 19.7 Å². The van der Waals surface area contributed by atoms with E-state index in [1.807, 2.05) is 12.2 Å². The summed E-state index contributed by atoms with van der Waals surface area (Å²) in [6.07, 6.45) is 14.9. The Labute approximate surface area is 134 Å². The summed E-state index contributed by atoms with van der Waals surface area (Å²) in [6.45, 7) is 2.20. The summed E-state index contributed by atoms with van der Waals surface area (Å²) in [4.78, 5) is 10.4. The number of rotatable bonds is 14. The van der Waals surface area contributed by atoms with E-state index < -0.39 is 5.97 Å². The van der Waals surface area contributed by atoms with Crippen LogP contribution in [0.4, 0.5) is 0 Å². The minimum Gasteiger partial charge on any atom is -0.481 e. The fourth-order valence-corrected chi connectivity index (χ4v) is 2.65. The van der Waals surface area contributed by atoms with Crippen molar-refractivity contribution in [3.63, 3.8) is 0 Å². The van der Waals surface area contributed by atoms with Gasteiger partial charge >= 0.3 is 5.97 Å². The minimum atomic E-state index is -0.712. The smallest absolute Gasteiger partial charge is 0.303 e. The molecule has 3 atom stereocenters. The summed E-state index contributed by atoms with van der Waals surface area (Å²) in [5.74, 6) is -0.712. The molecule has 4 heteroatoms. The van der Waals surface area contributed by atoms with Crippen LogP contribution < -0.4 is 0 Å². The predicted octanol–water partition coefficient (Wildman–Crippen LogP) is 4.07. The van der Waals surface area contributed by atoms with Crippen LogP contribution in [0.5, 0.6) is 0 Å². The van der Waals surface area contributed by atoms with Gasteiger partial charge in [0.05, 0.1) is 12.2 Å². The first kappa shape index (κ1) is 19.2. The molecule has 4 nitrogen and oxygen atoms in total. The molecule has 0 bridgehead atoms. The van der Waals surface area contributed by atoms with Crippen LogP contribution in [0.25, 0.3) is 0 Å². The lowest BCUT2D eigenvalue weighted by Crippen LogP contribution is -2.02. The number of hydrogen-bond acceptors (Lipinski definition) is 3. The number of carboxylic acids is 1. The summed E-state index contributed by atoms with van der Waals surface area (Å²) in [5.41, 5.74) is 0. The first-order chi connectivity index (χ1) is 10.6. The van der Waals surface area contributed by atoms with Gasteiger partial charge in [-0.05, 0) is 19.3 Å². The fourth-order valence-electron chi connectivity index (χ4n) is 2.65. The van der Waals surface area contributed by atoms with E-state index in [-0.39, 0.29) is 18.6 Å². The van der Waals surface area contributed by atoms with Crippen LogP contribution in [0.2, 0.25) is 0 Å². The Bertz CT molecular complexity index is 327. The highest BCUT2D eigenvalue weighted by molar-refractivity contribution is 5.66. The number of aliphatic hydroxyl groups is 1. The van der Waals surface area contributed by atoms with Gasteiger partial charge in [0, 0.05) is 6.42 Å². The molecule has 1 heterocycles. The minimum absolute atomic E-state index is 0.225. The zero-order valence-corrected chi connectivity index (χ0v) is 13.9. The molecule has 0 aromatic heterocycles. The van der Waals surface area contributed by atoms with E-state index in [0.717, 1.165) is 44.9 Å². The molecule has 0 aromatic rings. The van der Waals surface area contributed by atoms with E-state index in [2.05, 4.69) is 6.92 Å². The number of carbonyl (C=O) groups is 1. The molecule has 0 spiro atoms. The Morgan fingerprint density at radius 1 is 1.14 bits per heavy atom. The third kappa shape index (κ3) is 9.96. The largest absolute Gasteiger partial charge is 0.481 e. The Hall–Kier alpha value is -0.870. The van der Waals surface area contributed by atoms with Gasteiger partial charge in [0.2, 0.25) is 0 Å². The zero-order valence-electron chi connectivity index (χ0n) is 13.9. The third-order valence-corrected chi connectivity index (χ3v) is 4.13. The van der Waals surface area contributed by atoms with E-state index in [4.69, 9.17) is 9.84 Å². The van der Waals surface area contributed by atoms with E-state index in [9.17, 15) is 9.90 Å². The summed E-state index contributed by atoms with van der Waals surface area (Å²) in [5, 5.41) is 18.4. The van der Waals surface area contributed by atoms with Crippen molar-refractivity contribution in [1.29, 1.82) is 0 Å². The number of aliphatic hydroxyl groups excluding tert-OH is 1. The highest BCUT2D eigenvalue weighted by Crippen LogP contribution is 2.28. The van der Waals surface area contributed by atoms with Crippen molar-refractivity contribution in [2.45, 2.75) is 95.9 Å². The maximum absolute atomic E-state index is 10.4. The normalized spacial score (nSPS) is 22.1. The molecule has 0 aliphatic carbocycles. The molecule has 1 fully saturated rings. The van der Waals surface area contributed by atoms with Gasteiger partial charge in [-0.3, -0.25) is 4.79 Å². The average Bonchev–Trinajstić information content (AvgIpc) is 3.22. The number of aliphatic carboxylic acids is 1. The van der Waals surface area contributed by atoms with Crippen molar-refractivity contribution in [3.05, 3.63) is 12.2 Å². The van der Waals surface area contributed by atoms with E-state index in [1.165, 1.54) is 19.3 Å². The van der Waals surface area contributed by atoms with Crippen molar-refractivity contribution in [2.75, 3.05) is 0 Å². The van der Waals surface area contributed by atoms with Crippen LogP contribution in [0.3, 0.4) is 0 Å². The standard InChI is InChI=1S/C18H32O4/c1-2-3-7-11-16-17(22-16)14-13-15(19)10-8-5-4-6-9-12-18(20)21/h13-17,19H,2-12H2,1H3,(H,20,21)/b14-13+/t15?,16-,17-/m1/s1. The van der Waals surface area contributed by atoms with Crippen LogP contribution in [-0.2, 0) is 9.53 Å². The lowest BCUT2D eigenvalue weighted by atomic mass is 10.1. The molecule has 0 saturated carbocycles. The first-order valence-electron chi connectivity index (χ1n) is 8.87. The Morgan fingerprint density at radius 2 is 1.86 bits per heavy atom. The van der Waals surface area contributed by atoms with E-state index >= 15 is 0 Å². The van der Waals surface area contributed by atoms with Crippen LogP contribution in [0, 0.1) is 0 Å². The lowest BCUT2D eigenvalue weighted by Gasteiger charge is -2.05. The number of carboxylic acid groups (broad SMARTS) is 1. The molecule has 0 amide bonds. The van der Waals surface area contributed by atoms with Gasteiger partial charge in [0.1, 0.15) is 6.10 Å². The number of epoxide rings is 1. The van der Waals surface area contributed by atoms with Gasteiger partial charge in [0.25, 0.3) is 0 Å². The summed E-state index contributed by atoms with van der Waals surface area (Å²) in [6, 6.07) is 0. The second-order valence-corrected chi connectivity index (χ2v) is 6.29. The highest BCUT2D eigenvalue weighted by atomic mass is 16.6. The molecule has 0 radical (unpaired) electrons. The number of ether oxygens (including phenoxy) is 1. The van der Waals surface area contributed by atoms with Crippen molar-refractivity contribution >= 4 is 5.97 Å². The molecule has 2 N–H and O–H groups in total. The molecular weight excluding hydrogens is 280 g/mol. The van der Waals surface area contributed by atoms with Gasteiger partial charge in [0.15, 0.2) is 0 Å². The first-order valence-corrected chi connectivity index (χ1v) is 8.87. The van der Waals surface area contributed by atoms with Gasteiger partial charge in [-0.1, -0.05) is 64.0 Å². The molecule has 22 heavy (non-hydrogen) atoms. The number of unbranched alkanes of at least 4 members (excludes halogenated alkanes) is 6. The van der Waals surface area contributed by atoms with Crippen molar-refractivity contribution in [1.82, 2.24) is 0 Å². The maximum atomic E-state index is 10.4. The Kier molecular flexibility index (Phi) is 10.2. The van der Waals surface area contributed by atoms with E-state index in [0.29, 0.717) is 6.10 Å². The Morgan fingerprint density at radius 3 is 2.59 bits per heavy atom. The third-order valence-electron chi connectivity index (χ3n) is 4.13. The molecule has 1 rings (SSSR count). The topological polar surface area (TPSA) is 70.1 Å². The molecule has 0 aromatic carbocycles. The average molecular weight is 312 g/mol. The van der Waals surface area contributed by atoms with Crippen LogP contribution in [0.1, 0.15) is 77.6 Å². The van der Waals surface area contributed by atoms with Crippen LogP contribution in [0.15, 0.2) is 12.2 Å². The molecule has 128 valence electrons. The predicted molar refractivity (Wildman–Crippen MR) is 87.9 cm³/mol. The van der Waals surface area contributed by atoms with Crippen LogP contribution >= 0.6 is 0 Å². The molecule has 1 aliphatic heterocycles. The molecule has 1 unspecified atom stereocenters. The highest BCUT2D eigenvalue weighted by Gasteiger charge is 2.35. The number of hydrogen-bond donors (Lipinski definition) is 2. The lowest BCUT2D eigenvalue weighted by molar-refractivity contribution is -0.137. The van der Waals surface area contributed by atoms with Crippen molar-refractivity contribution in [3.8, 4) is 0 Å². The summed E-state index contributed by atoms with van der Waals surface area (Å²) < 4.78 is 5.56. The van der Waals surface area contributed by atoms with Gasteiger partial charge < -0.3 is 14.9 Å². The SMILES string of the molecule is CCCCC[C@H]1O[C@@H]1/C=C/C(O)CCCCCCCC(=O)O. The fraction of sp³-hybridized carbons (Fsp3) is 0.833.